The van der Waals surface area contributed by atoms with Gasteiger partial charge in [0.1, 0.15) is 11.2 Å². The molecule has 4 rings (SSSR count). The molecule has 3 aliphatic rings. The zero-order valence-electron chi connectivity index (χ0n) is 15.8. The summed E-state index contributed by atoms with van der Waals surface area (Å²) in [5, 5.41) is 3.15. The first-order valence-corrected chi connectivity index (χ1v) is 10.2. The van der Waals surface area contributed by atoms with Crippen molar-refractivity contribution in [2.75, 3.05) is 31.1 Å². The third-order valence-electron chi connectivity index (χ3n) is 6.29. The molecule has 1 heterocycles. The smallest absolute Gasteiger partial charge is 0.238 e. The number of hydrogen-bond donors (Lipinski definition) is 1. The molecule has 0 aromatic heterocycles. The van der Waals surface area contributed by atoms with Crippen molar-refractivity contribution in [3.05, 3.63) is 30.1 Å². The van der Waals surface area contributed by atoms with E-state index in [1.165, 1.54) is 18.6 Å². The van der Waals surface area contributed by atoms with E-state index >= 15 is 0 Å². The van der Waals surface area contributed by atoms with E-state index in [1.807, 2.05) is 4.90 Å². The van der Waals surface area contributed by atoms with Gasteiger partial charge in [-0.25, -0.2) is 4.39 Å². The molecule has 1 aliphatic heterocycles. The van der Waals surface area contributed by atoms with Crippen LogP contribution in [0.15, 0.2) is 24.3 Å². The van der Waals surface area contributed by atoms with Gasteiger partial charge in [0.25, 0.3) is 0 Å². The van der Waals surface area contributed by atoms with Crippen molar-refractivity contribution in [1.29, 1.82) is 0 Å². The van der Waals surface area contributed by atoms with Crippen LogP contribution < -0.4 is 10.2 Å². The van der Waals surface area contributed by atoms with Gasteiger partial charge in [0.15, 0.2) is 0 Å². The van der Waals surface area contributed by atoms with Crippen molar-refractivity contribution in [2.24, 2.45) is 5.41 Å². The first-order chi connectivity index (χ1) is 13.1. The van der Waals surface area contributed by atoms with Gasteiger partial charge in [0, 0.05) is 37.9 Å². The Labute approximate surface area is 159 Å². The van der Waals surface area contributed by atoms with Crippen molar-refractivity contribution in [1.82, 2.24) is 10.2 Å². The molecule has 0 atom stereocenters. The summed E-state index contributed by atoms with van der Waals surface area (Å²) in [5.41, 5.74) is 0.162. The predicted molar refractivity (Wildman–Crippen MR) is 102 cm³/mol. The SMILES string of the molecule is O=C(NC1CCCCC1)C1(C(=O)N2CCN(c3ccc(F)cc3)CC2)CC1. The lowest BCUT2D eigenvalue weighted by molar-refractivity contribution is -0.144. The average molecular weight is 373 g/mol. The zero-order chi connectivity index (χ0) is 18.9. The Balaban J connectivity index is 1.33. The molecule has 2 amide bonds. The molecule has 0 bridgehead atoms. The van der Waals surface area contributed by atoms with E-state index in [9.17, 15) is 14.0 Å². The van der Waals surface area contributed by atoms with Crippen molar-refractivity contribution in [3.63, 3.8) is 0 Å². The van der Waals surface area contributed by atoms with Crippen LogP contribution in [0.2, 0.25) is 0 Å². The average Bonchev–Trinajstić information content (AvgIpc) is 3.51. The number of piperazine rings is 1. The van der Waals surface area contributed by atoms with E-state index in [2.05, 4.69) is 10.2 Å². The number of benzene rings is 1. The molecule has 6 heteroatoms. The van der Waals surface area contributed by atoms with Gasteiger partial charge < -0.3 is 15.1 Å². The quantitative estimate of drug-likeness (QED) is 0.826. The molecule has 3 fully saturated rings. The van der Waals surface area contributed by atoms with Gasteiger partial charge in [-0.3, -0.25) is 9.59 Å². The van der Waals surface area contributed by atoms with Gasteiger partial charge in [-0.2, -0.15) is 0 Å². The minimum atomic E-state index is -0.810. The molecule has 0 radical (unpaired) electrons. The van der Waals surface area contributed by atoms with Crippen molar-refractivity contribution in [2.45, 2.75) is 51.0 Å². The van der Waals surface area contributed by atoms with Gasteiger partial charge in [-0.15, -0.1) is 0 Å². The zero-order valence-corrected chi connectivity index (χ0v) is 15.8. The molecule has 0 spiro atoms. The van der Waals surface area contributed by atoms with E-state index in [0.717, 1.165) is 31.4 Å². The summed E-state index contributed by atoms with van der Waals surface area (Å²) in [7, 11) is 0. The maximum absolute atomic E-state index is 13.1. The van der Waals surface area contributed by atoms with Crippen LogP contribution in [-0.2, 0) is 9.59 Å². The molecule has 2 saturated carbocycles. The summed E-state index contributed by atoms with van der Waals surface area (Å²) in [6, 6.07) is 6.70. The Morgan fingerprint density at radius 1 is 0.963 bits per heavy atom. The van der Waals surface area contributed by atoms with Gasteiger partial charge in [0.2, 0.25) is 11.8 Å². The number of anilines is 1. The molecule has 146 valence electrons. The Morgan fingerprint density at radius 2 is 1.59 bits per heavy atom. The second-order valence-corrected chi connectivity index (χ2v) is 8.15. The van der Waals surface area contributed by atoms with Gasteiger partial charge in [0.05, 0.1) is 0 Å². The van der Waals surface area contributed by atoms with Crippen molar-refractivity contribution >= 4 is 17.5 Å². The van der Waals surface area contributed by atoms with Crippen LogP contribution in [0, 0.1) is 11.2 Å². The number of nitrogens with one attached hydrogen (secondary N) is 1. The lowest BCUT2D eigenvalue weighted by Gasteiger charge is -2.37. The van der Waals surface area contributed by atoms with Crippen LogP contribution in [0.4, 0.5) is 10.1 Å². The third kappa shape index (κ3) is 3.80. The highest BCUT2D eigenvalue weighted by molar-refractivity contribution is 6.08. The summed E-state index contributed by atoms with van der Waals surface area (Å²) >= 11 is 0. The van der Waals surface area contributed by atoms with Crippen LogP contribution in [0.1, 0.15) is 44.9 Å². The molecule has 5 nitrogen and oxygen atoms in total. The summed E-state index contributed by atoms with van der Waals surface area (Å²) in [6.45, 7) is 2.62. The fourth-order valence-corrected chi connectivity index (χ4v) is 4.36. The first kappa shape index (κ1) is 18.3. The highest BCUT2D eigenvalue weighted by Crippen LogP contribution is 2.48. The lowest BCUT2D eigenvalue weighted by Crippen LogP contribution is -2.54. The fourth-order valence-electron chi connectivity index (χ4n) is 4.36. The largest absolute Gasteiger partial charge is 0.368 e. The number of carbonyl (C=O) groups is 2. The molecular weight excluding hydrogens is 345 g/mol. The van der Waals surface area contributed by atoms with E-state index in [4.69, 9.17) is 0 Å². The van der Waals surface area contributed by atoms with Crippen LogP contribution in [0.5, 0.6) is 0 Å². The highest BCUT2D eigenvalue weighted by atomic mass is 19.1. The first-order valence-electron chi connectivity index (χ1n) is 10.2. The molecule has 27 heavy (non-hydrogen) atoms. The second kappa shape index (κ2) is 7.49. The van der Waals surface area contributed by atoms with Crippen molar-refractivity contribution in [3.8, 4) is 0 Å². The Hall–Kier alpha value is -2.11. The summed E-state index contributed by atoms with van der Waals surface area (Å²) in [6.07, 6.45) is 6.98. The molecule has 2 aliphatic carbocycles. The van der Waals surface area contributed by atoms with Gasteiger partial charge in [-0.05, 0) is 49.9 Å². The second-order valence-electron chi connectivity index (χ2n) is 8.15. The topological polar surface area (TPSA) is 52.7 Å². The number of carbonyl (C=O) groups excluding carboxylic acids is 2. The maximum atomic E-state index is 13.1. The monoisotopic (exact) mass is 373 g/mol. The Kier molecular flexibility index (Phi) is 5.06. The number of halogens is 1. The number of nitrogens with zero attached hydrogens (tertiary/aromatic N) is 2. The number of rotatable bonds is 4. The third-order valence-corrected chi connectivity index (χ3v) is 6.29. The number of amides is 2. The normalized spacial score (nSPS) is 22.4. The van der Waals surface area contributed by atoms with Crippen molar-refractivity contribution < 1.29 is 14.0 Å². The van der Waals surface area contributed by atoms with Crippen LogP contribution in [0.25, 0.3) is 0 Å². The summed E-state index contributed by atoms with van der Waals surface area (Å²) in [4.78, 5) is 29.8. The van der Waals surface area contributed by atoms with Gasteiger partial charge >= 0.3 is 0 Å². The Morgan fingerprint density at radius 3 is 2.19 bits per heavy atom. The summed E-state index contributed by atoms with van der Waals surface area (Å²) in [5.74, 6) is -0.304. The fraction of sp³-hybridized carbons (Fsp3) is 0.619. The van der Waals surface area contributed by atoms with Crippen LogP contribution in [0.3, 0.4) is 0 Å². The predicted octanol–water partition coefficient (Wildman–Crippen LogP) is 2.70. The van der Waals surface area contributed by atoms with E-state index in [-0.39, 0.29) is 23.7 Å². The minimum Gasteiger partial charge on any atom is -0.368 e. The van der Waals surface area contributed by atoms with E-state index < -0.39 is 5.41 Å². The maximum Gasteiger partial charge on any atom is 0.238 e. The summed E-state index contributed by atoms with van der Waals surface area (Å²) < 4.78 is 13.1. The van der Waals surface area contributed by atoms with E-state index in [0.29, 0.717) is 39.0 Å². The highest BCUT2D eigenvalue weighted by Gasteiger charge is 2.58. The number of hydrogen-bond acceptors (Lipinski definition) is 3. The Bertz CT molecular complexity index is 688. The molecular formula is C21H28FN3O2. The van der Waals surface area contributed by atoms with E-state index in [1.54, 1.807) is 12.1 Å². The lowest BCUT2D eigenvalue weighted by atomic mass is 9.94. The molecule has 1 aromatic rings. The molecule has 1 N–H and O–H groups in total. The van der Waals surface area contributed by atoms with Gasteiger partial charge in [-0.1, -0.05) is 19.3 Å². The minimum absolute atomic E-state index is 0.00503. The van der Waals surface area contributed by atoms with Crippen LogP contribution in [-0.4, -0.2) is 48.9 Å². The molecule has 1 aromatic carbocycles. The standard InChI is InChI=1S/C21H28FN3O2/c22-16-6-8-18(9-7-16)24-12-14-25(15-13-24)20(27)21(10-11-21)19(26)23-17-4-2-1-3-5-17/h6-9,17H,1-5,10-15H2,(H,23,26). The van der Waals surface area contributed by atoms with Crippen LogP contribution >= 0.6 is 0 Å². The molecule has 0 unspecified atom stereocenters. The molecule has 1 saturated heterocycles.